The predicted molar refractivity (Wildman–Crippen MR) is 80.1 cm³/mol. The second-order valence-corrected chi connectivity index (χ2v) is 5.52. The molecule has 1 N–H and O–H groups in total. The van der Waals surface area contributed by atoms with Crippen LogP contribution in [0.25, 0.3) is 5.65 Å². The zero-order chi connectivity index (χ0) is 14.7. The second kappa shape index (κ2) is 6.22. The van der Waals surface area contributed by atoms with Gasteiger partial charge >= 0.3 is 0 Å². The number of nitrogens with one attached hydrogen (secondary N) is 1. The van der Waals surface area contributed by atoms with Crippen LogP contribution < -0.4 is 5.32 Å². The topological polar surface area (TPSA) is 62.5 Å². The molecule has 6 nitrogen and oxygen atoms in total. The maximum atomic E-state index is 12.2. The van der Waals surface area contributed by atoms with E-state index >= 15 is 0 Å². The first-order valence-electron chi connectivity index (χ1n) is 7.51. The molecular weight excluding hydrogens is 266 g/mol. The Bertz CT molecular complexity index is 623. The molecule has 1 atom stereocenters. The molecule has 3 heterocycles. The Balaban J connectivity index is 1.75. The van der Waals surface area contributed by atoms with E-state index in [0.717, 1.165) is 43.9 Å². The Hall–Kier alpha value is -1.95. The monoisotopic (exact) mass is 287 g/mol. The molecule has 1 aliphatic rings. The molecule has 1 saturated heterocycles. The van der Waals surface area contributed by atoms with Crippen molar-refractivity contribution in [1.29, 1.82) is 0 Å². The highest BCUT2D eigenvalue weighted by Gasteiger charge is 2.27. The molecule has 2 aromatic heterocycles. The molecule has 1 fully saturated rings. The van der Waals surface area contributed by atoms with Gasteiger partial charge in [0.25, 0.3) is 0 Å². The van der Waals surface area contributed by atoms with Crippen molar-refractivity contribution in [1.82, 2.24) is 24.8 Å². The summed E-state index contributed by atoms with van der Waals surface area (Å²) in [6.45, 7) is 2.34. The Morgan fingerprint density at radius 3 is 3.19 bits per heavy atom. The highest BCUT2D eigenvalue weighted by Crippen LogP contribution is 2.26. The van der Waals surface area contributed by atoms with Crippen LogP contribution in [0, 0.1) is 0 Å². The fraction of sp³-hybridized carbons (Fsp3) is 0.533. The molecule has 2 aromatic rings. The minimum Gasteiger partial charge on any atom is -0.342 e. The number of likely N-dealkylation sites (tertiary alicyclic amines) is 1. The molecule has 0 radical (unpaired) electrons. The molecule has 1 aliphatic heterocycles. The van der Waals surface area contributed by atoms with Gasteiger partial charge in [-0.1, -0.05) is 6.07 Å². The number of fused-ring (bicyclic) bond motifs is 1. The fourth-order valence-corrected chi connectivity index (χ4v) is 2.94. The molecule has 0 saturated carbocycles. The van der Waals surface area contributed by atoms with E-state index in [2.05, 4.69) is 15.5 Å². The smallest absolute Gasteiger partial charge is 0.223 e. The van der Waals surface area contributed by atoms with Crippen LogP contribution in [0.3, 0.4) is 0 Å². The van der Waals surface area contributed by atoms with Gasteiger partial charge in [0.05, 0.1) is 0 Å². The zero-order valence-corrected chi connectivity index (χ0v) is 12.3. The summed E-state index contributed by atoms with van der Waals surface area (Å²) in [6.07, 6.45) is 4.64. The van der Waals surface area contributed by atoms with Crippen LogP contribution in [0.4, 0.5) is 0 Å². The first-order valence-corrected chi connectivity index (χ1v) is 7.51. The lowest BCUT2D eigenvalue weighted by molar-refractivity contribution is -0.132. The summed E-state index contributed by atoms with van der Waals surface area (Å²) in [5.41, 5.74) is 0.867. The van der Waals surface area contributed by atoms with E-state index in [-0.39, 0.29) is 11.8 Å². The van der Waals surface area contributed by atoms with Gasteiger partial charge < -0.3 is 10.2 Å². The quantitative estimate of drug-likeness (QED) is 0.913. The van der Waals surface area contributed by atoms with E-state index in [1.165, 1.54) is 0 Å². The molecule has 0 bridgehead atoms. The molecule has 1 unspecified atom stereocenters. The highest BCUT2D eigenvalue weighted by atomic mass is 16.2. The molecule has 0 aromatic carbocycles. The number of aromatic nitrogens is 3. The van der Waals surface area contributed by atoms with Crippen LogP contribution in [0.5, 0.6) is 0 Å². The van der Waals surface area contributed by atoms with E-state index in [9.17, 15) is 4.79 Å². The number of carbonyl (C=O) groups is 1. The van der Waals surface area contributed by atoms with Gasteiger partial charge in [0.1, 0.15) is 5.82 Å². The fourth-order valence-electron chi connectivity index (χ4n) is 2.94. The Labute approximate surface area is 124 Å². The number of hydrogen-bond acceptors (Lipinski definition) is 4. The third-order valence-electron chi connectivity index (χ3n) is 4.07. The van der Waals surface area contributed by atoms with Gasteiger partial charge in [-0.2, -0.15) is 0 Å². The Kier molecular flexibility index (Phi) is 4.15. The van der Waals surface area contributed by atoms with Gasteiger partial charge in [0.2, 0.25) is 5.91 Å². The molecule has 1 amide bonds. The summed E-state index contributed by atoms with van der Waals surface area (Å²) in [7, 11) is 1.87. The van der Waals surface area contributed by atoms with Crippen molar-refractivity contribution in [3.8, 4) is 0 Å². The van der Waals surface area contributed by atoms with Crippen molar-refractivity contribution in [3.05, 3.63) is 30.2 Å². The SMILES string of the molecule is CNCCC(=O)N1CCCC(c2nnc3ccccn23)C1. The lowest BCUT2D eigenvalue weighted by Gasteiger charge is -2.32. The first-order chi connectivity index (χ1) is 10.3. The average Bonchev–Trinajstić information content (AvgIpc) is 2.97. The number of piperidine rings is 1. The Morgan fingerprint density at radius 2 is 2.33 bits per heavy atom. The number of hydrogen-bond donors (Lipinski definition) is 1. The van der Waals surface area contributed by atoms with Gasteiger partial charge in [-0.25, -0.2) is 0 Å². The minimum absolute atomic E-state index is 0.225. The maximum absolute atomic E-state index is 12.2. The van der Waals surface area contributed by atoms with E-state index in [1.54, 1.807) is 0 Å². The molecule has 112 valence electrons. The summed E-state index contributed by atoms with van der Waals surface area (Å²) in [6, 6.07) is 5.90. The molecular formula is C15H21N5O. The number of nitrogens with zero attached hydrogens (tertiary/aromatic N) is 4. The predicted octanol–water partition coefficient (Wildman–Crippen LogP) is 1.04. The van der Waals surface area contributed by atoms with Crippen LogP contribution >= 0.6 is 0 Å². The summed E-state index contributed by atoms with van der Waals surface area (Å²) in [5.74, 6) is 1.47. The molecule has 0 spiro atoms. The summed E-state index contributed by atoms with van der Waals surface area (Å²) in [5, 5.41) is 11.6. The van der Waals surface area contributed by atoms with Crippen molar-refractivity contribution < 1.29 is 4.79 Å². The van der Waals surface area contributed by atoms with Crippen LogP contribution in [0.2, 0.25) is 0 Å². The number of rotatable bonds is 4. The second-order valence-electron chi connectivity index (χ2n) is 5.52. The van der Waals surface area contributed by atoms with Gasteiger partial charge in [-0.3, -0.25) is 9.20 Å². The standard InChI is InChI=1S/C15H21N5O/c1-16-8-7-14(21)19-9-4-5-12(11-19)15-18-17-13-6-2-3-10-20(13)15/h2-3,6,10,12,16H,4-5,7-9,11H2,1H3. The van der Waals surface area contributed by atoms with Gasteiger partial charge in [0.15, 0.2) is 5.65 Å². The summed E-state index contributed by atoms with van der Waals surface area (Å²) < 4.78 is 2.03. The largest absolute Gasteiger partial charge is 0.342 e. The van der Waals surface area contributed by atoms with E-state index in [4.69, 9.17) is 0 Å². The van der Waals surface area contributed by atoms with Crippen molar-refractivity contribution in [2.24, 2.45) is 0 Å². The van der Waals surface area contributed by atoms with Crippen molar-refractivity contribution in [3.63, 3.8) is 0 Å². The first kappa shape index (κ1) is 14.0. The lowest BCUT2D eigenvalue weighted by Crippen LogP contribution is -2.40. The molecule has 3 rings (SSSR count). The highest BCUT2D eigenvalue weighted by molar-refractivity contribution is 5.76. The normalized spacial score (nSPS) is 19.1. The summed E-state index contributed by atoms with van der Waals surface area (Å²) in [4.78, 5) is 14.1. The molecule has 0 aliphatic carbocycles. The average molecular weight is 287 g/mol. The van der Waals surface area contributed by atoms with Crippen molar-refractivity contribution >= 4 is 11.6 Å². The zero-order valence-electron chi connectivity index (χ0n) is 12.3. The number of amides is 1. The van der Waals surface area contributed by atoms with Crippen LogP contribution in [-0.4, -0.2) is 52.1 Å². The van der Waals surface area contributed by atoms with Crippen LogP contribution in [0.15, 0.2) is 24.4 Å². The van der Waals surface area contributed by atoms with Crippen molar-refractivity contribution in [2.45, 2.75) is 25.2 Å². The number of carbonyl (C=O) groups excluding carboxylic acids is 1. The maximum Gasteiger partial charge on any atom is 0.223 e. The van der Waals surface area contributed by atoms with E-state index in [0.29, 0.717) is 6.42 Å². The van der Waals surface area contributed by atoms with Crippen LogP contribution in [0.1, 0.15) is 31.0 Å². The van der Waals surface area contributed by atoms with Crippen molar-refractivity contribution in [2.75, 3.05) is 26.7 Å². The van der Waals surface area contributed by atoms with Gasteiger partial charge in [-0.05, 0) is 32.0 Å². The lowest BCUT2D eigenvalue weighted by atomic mass is 9.97. The van der Waals surface area contributed by atoms with E-state index < -0.39 is 0 Å². The Morgan fingerprint density at radius 1 is 1.43 bits per heavy atom. The molecule has 21 heavy (non-hydrogen) atoms. The van der Waals surface area contributed by atoms with E-state index in [1.807, 2.05) is 40.7 Å². The minimum atomic E-state index is 0.225. The third-order valence-corrected chi connectivity index (χ3v) is 4.07. The van der Waals surface area contributed by atoms with Gasteiger partial charge in [-0.15, -0.1) is 10.2 Å². The van der Waals surface area contributed by atoms with Gasteiger partial charge in [0, 0.05) is 38.2 Å². The third kappa shape index (κ3) is 2.90. The summed E-state index contributed by atoms with van der Waals surface area (Å²) >= 11 is 0. The number of pyridine rings is 1. The van der Waals surface area contributed by atoms with Crippen LogP contribution in [-0.2, 0) is 4.79 Å². The molecule has 6 heteroatoms.